The number of hydrogen-bond acceptors (Lipinski definition) is 5. The molecule has 1 aromatic rings. The molecule has 0 aromatic heterocycles. The highest BCUT2D eigenvalue weighted by molar-refractivity contribution is 7.86. The molecule has 1 aliphatic carbocycles. The molecule has 26 heavy (non-hydrogen) atoms. The van der Waals surface area contributed by atoms with Gasteiger partial charge in [-0.1, -0.05) is 31.4 Å². The van der Waals surface area contributed by atoms with E-state index in [9.17, 15) is 18.5 Å². The van der Waals surface area contributed by atoms with E-state index in [0.717, 1.165) is 25.7 Å². The summed E-state index contributed by atoms with van der Waals surface area (Å²) in [6.07, 6.45) is 5.18. The third-order valence-corrected chi connectivity index (χ3v) is 7.48. The Kier molecular flexibility index (Phi) is 5.79. The molecule has 3 rings (SSSR count). The van der Waals surface area contributed by atoms with Gasteiger partial charge in [-0.15, -0.1) is 0 Å². The Morgan fingerprint density at radius 3 is 2.31 bits per heavy atom. The maximum atomic E-state index is 12.9. The van der Waals surface area contributed by atoms with Crippen LogP contribution in [0.5, 0.6) is 0 Å². The largest absolute Gasteiger partial charge is 0.363 e. The zero-order valence-electron chi connectivity index (χ0n) is 15.1. The van der Waals surface area contributed by atoms with Crippen LogP contribution in [0.25, 0.3) is 0 Å². The molecule has 0 N–H and O–H groups in total. The number of para-hydroxylation sites is 2. The third-order valence-electron chi connectivity index (χ3n) is 5.44. The van der Waals surface area contributed by atoms with Crippen molar-refractivity contribution >= 4 is 21.6 Å². The summed E-state index contributed by atoms with van der Waals surface area (Å²) in [7, 11) is -1.81. The van der Waals surface area contributed by atoms with Crippen molar-refractivity contribution in [3.8, 4) is 0 Å². The molecular formula is C17H26N4O4S. The average molecular weight is 382 g/mol. The molecule has 0 spiro atoms. The number of nitrogens with zero attached hydrogens (tertiary/aromatic N) is 4. The van der Waals surface area contributed by atoms with E-state index in [1.54, 1.807) is 25.2 Å². The Balaban J connectivity index is 1.67. The lowest BCUT2D eigenvalue weighted by Crippen LogP contribution is -2.54. The van der Waals surface area contributed by atoms with Gasteiger partial charge in [-0.2, -0.15) is 17.0 Å². The molecule has 1 saturated heterocycles. The van der Waals surface area contributed by atoms with Gasteiger partial charge >= 0.3 is 0 Å². The first-order chi connectivity index (χ1) is 12.4. The first kappa shape index (κ1) is 19.1. The maximum Gasteiger partial charge on any atom is 0.292 e. The Hall–Kier alpha value is -1.71. The van der Waals surface area contributed by atoms with Crippen LogP contribution in [-0.4, -0.2) is 61.2 Å². The van der Waals surface area contributed by atoms with Gasteiger partial charge in [-0.25, -0.2) is 0 Å². The predicted molar refractivity (Wildman–Crippen MR) is 100 cm³/mol. The van der Waals surface area contributed by atoms with Crippen LogP contribution in [0.4, 0.5) is 11.4 Å². The molecule has 1 heterocycles. The van der Waals surface area contributed by atoms with E-state index in [0.29, 0.717) is 31.9 Å². The summed E-state index contributed by atoms with van der Waals surface area (Å²) in [6, 6.07) is 6.69. The van der Waals surface area contributed by atoms with Gasteiger partial charge in [0.2, 0.25) is 0 Å². The van der Waals surface area contributed by atoms with Gasteiger partial charge < -0.3 is 4.90 Å². The second-order valence-corrected chi connectivity index (χ2v) is 8.94. The third kappa shape index (κ3) is 3.84. The first-order valence-electron chi connectivity index (χ1n) is 9.13. The smallest absolute Gasteiger partial charge is 0.292 e. The molecular weight excluding hydrogens is 356 g/mol. The molecule has 2 aliphatic rings. The number of hydrogen-bond donors (Lipinski definition) is 0. The normalized spacial score (nSPS) is 20.5. The number of anilines is 1. The molecule has 0 unspecified atom stereocenters. The SMILES string of the molecule is CN(C1CCCCC1)S(=O)(=O)N1CCN(c2ccccc2[N+](=O)[O-])CC1. The monoisotopic (exact) mass is 382 g/mol. The van der Waals surface area contributed by atoms with E-state index in [2.05, 4.69) is 0 Å². The minimum atomic E-state index is -3.49. The van der Waals surface area contributed by atoms with E-state index in [-0.39, 0.29) is 11.7 Å². The van der Waals surface area contributed by atoms with Gasteiger partial charge in [-0.3, -0.25) is 10.1 Å². The number of benzene rings is 1. The molecule has 0 amide bonds. The predicted octanol–water partition coefficient (Wildman–Crippen LogP) is 2.23. The minimum Gasteiger partial charge on any atom is -0.363 e. The quantitative estimate of drug-likeness (QED) is 0.576. The summed E-state index contributed by atoms with van der Waals surface area (Å²) in [5.41, 5.74) is 0.610. The molecule has 0 atom stereocenters. The van der Waals surface area contributed by atoms with Crippen molar-refractivity contribution in [3.05, 3.63) is 34.4 Å². The van der Waals surface area contributed by atoms with Crippen molar-refractivity contribution < 1.29 is 13.3 Å². The van der Waals surface area contributed by atoms with Crippen molar-refractivity contribution in [1.82, 2.24) is 8.61 Å². The fourth-order valence-corrected chi connectivity index (χ4v) is 5.44. The van der Waals surface area contributed by atoms with E-state index >= 15 is 0 Å². The molecule has 1 aromatic carbocycles. The van der Waals surface area contributed by atoms with Crippen molar-refractivity contribution in [3.63, 3.8) is 0 Å². The summed E-state index contributed by atoms with van der Waals surface area (Å²) < 4.78 is 28.9. The Morgan fingerprint density at radius 2 is 1.69 bits per heavy atom. The lowest BCUT2D eigenvalue weighted by Gasteiger charge is -2.39. The number of nitro benzene ring substituents is 1. The van der Waals surface area contributed by atoms with Crippen molar-refractivity contribution in [2.45, 2.75) is 38.1 Å². The molecule has 144 valence electrons. The molecule has 9 heteroatoms. The standard InChI is InChI=1S/C17H26N4O4S/c1-18(15-7-3-2-4-8-15)26(24,25)20-13-11-19(12-14-20)16-9-5-6-10-17(16)21(22)23/h5-6,9-10,15H,2-4,7-8,11-14H2,1H3. The summed E-state index contributed by atoms with van der Waals surface area (Å²) >= 11 is 0. The molecule has 8 nitrogen and oxygen atoms in total. The van der Waals surface area contributed by atoms with Crippen molar-refractivity contribution in [2.24, 2.45) is 0 Å². The fourth-order valence-electron chi connectivity index (χ4n) is 3.86. The molecule has 2 fully saturated rings. The lowest BCUT2D eigenvalue weighted by atomic mass is 9.96. The van der Waals surface area contributed by atoms with Crippen LogP contribution >= 0.6 is 0 Å². The maximum absolute atomic E-state index is 12.9. The van der Waals surface area contributed by atoms with Crippen LogP contribution < -0.4 is 4.90 Å². The molecule has 1 saturated carbocycles. The minimum absolute atomic E-state index is 0.0585. The van der Waals surface area contributed by atoms with Crippen LogP contribution in [0.3, 0.4) is 0 Å². The number of piperazine rings is 1. The van der Waals surface area contributed by atoms with E-state index in [1.807, 2.05) is 4.90 Å². The van der Waals surface area contributed by atoms with E-state index in [1.165, 1.54) is 21.1 Å². The van der Waals surface area contributed by atoms with Gasteiger partial charge in [0.1, 0.15) is 5.69 Å². The fraction of sp³-hybridized carbons (Fsp3) is 0.647. The zero-order valence-corrected chi connectivity index (χ0v) is 15.9. The van der Waals surface area contributed by atoms with Crippen LogP contribution in [0, 0.1) is 10.1 Å². The van der Waals surface area contributed by atoms with Crippen LogP contribution in [-0.2, 0) is 10.2 Å². The topological polar surface area (TPSA) is 87.0 Å². The molecule has 1 aliphatic heterocycles. The Bertz CT molecular complexity index is 741. The van der Waals surface area contributed by atoms with Gasteiger partial charge in [0.05, 0.1) is 4.92 Å². The number of rotatable bonds is 5. The molecule has 0 bridgehead atoms. The van der Waals surface area contributed by atoms with E-state index < -0.39 is 15.1 Å². The van der Waals surface area contributed by atoms with Crippen molar-refractivity contribution in [2.75, 3.05) is 38.1 Å². The lowest BCUT2D eigenvalue weighted by molar-refractivity contribution is -0.384. The van der Waals surface area contributed by atoms with Gasteiger partial charge in [0.15, 0.2) is 0 Å². The second kappa shape index (κ2) is 7.89. The van der Waals surface area contributed by atoms with Crippen LogP contribution in [0.1, 0.15) is 32.1 Å². The summed E-state index contributed by atoms with van der Waals surface area (Å²) in [5.74, 6) is 0. The summed E-state index contributed by atoms with van der Waals surface area (Å²) in [4.78, 5) is 12.7. The summed E-state index contributed by atoms with van der Waals surface area (Å²) in [6.45, 7) is 1.57. The molecule has 0 radical (unpaired) electrons. The highest BCUT2D eigenvalue weighted by atomic mass is 32.2. The van der Waals surface area contributed by atoms with Crippen LogP contribution in [0.15, 0.2) is 24.3 Å². The second-order valence-electron chi connectivity index (χ2n) is 6.95. The Morgan fingerprint density at radius 1 is 1.08 bits per heavy atom. The highest BCUT2D eigenvalue weighted by Crippen LogP contribution is 2.30. The zero-order chi connectivity index (χ0) is 18.7. The van der Waals surface area contributed by atoms with E-state index in [4.69, 9.17) is 0 Å². The van der Waals surface area contributed by atoms with Gasteiger partial charge in [0, 0.05) is 45.3 Å². The van der Waals surface area contributed by atoms with Crippen molar-refractivity contribution in [1.29, 1.82) is 0 Å². The first-order valence-corrected chi connectivity index (χ1v) is 10.5. The van der Waals surface area contributed by atoms with Gasteiger partial charge in [0.25, 0.3) is 15.9 Å². The number of nitro groups is 1. The average Bonchev–Trinajstić information content (AvgIpc) is 2.68. The van der Waals surface area contributed by atoms with Crippen LogP contribution in [0.2, 0.25) is 0 Å². The highest BCUT2D eigenvalue weighted by Gasteiger charge is 2.35. The van der Waals surface area contributed by atoms with Gasteiger partial charge in [-0.05, 0) is 18.9 Å². The Labute approximate surface area is 154 Å². The summed E-state index contributed by atoms with van der Waals surface area (Å²) in [5, 5.41) is 11.2.